The third-order valence-electron chi connectivity index (χ3n) is 4.75. The van der Waals surface area contributed by atoms with Crippen molar-refractivity contribution >= 4 is 11.8 Å². The molecular formula is C24H24FN3O2. The molecule has 1 N–H and O–H groups in total. The Kier molecular flexibility index (Phi) is 7.27. The van der Waals surface area contributed by atoms with E-state index < -0.39 is 6.04 Å². The first-order valence-corrected chi connectivity index (χ1v) is 9.84. The zero-order valence-electron chi connectivity index (χ0n) is 16.8. The zero-order valence-corrected chi connectivity index (χ0v) is 16.8. The molecule has 3 aromatic rings. The number of aromatic nitrogens is 1. The van der Waals surface area contributed by atoms with Gasteiger partial charge >= 0.3 is 0 Å². The number of pyridine rings is 1. The van der Waals surface area contributed by atoms with Gasteiger partial charge in [-0.05, 0) is 34.9 Å². The minimum Gasteiger partial charge on any atom is -0.350 e. The molecule has 0 spiro atoms. The van der Waals surface area contributed by atoms with Gasteiger partial charge in [0.25, 0.3) is 0 Å². The maximum Gasteiger partial charge on any atom is 0.247 e. The van der Waals surface area contributed by atoms with Crippen LogP contribution in [0, 0.1) is 5.82 Å². The Bertz CT molecular complexity index is 963. The van der Waals surface area contributed by atoms with Gasteiger partial charge in [0.1, 0.15) is 11.9 Å². The van der Waals surface area contributed by atoms with E-state index >= 15 is 0 Å². The second kappa shape index (κ2) is 10.3. The number of carbonyl (C=O) groups is 2. The highest BCUT2D eigenvalue weighted by Crippen LogP contribution is 2.25. The smallest absolute Gasteiger partial charge is 0.247 e. The molecule has 0 aliphatic carbocycles. The van der Waals surface area contributed by atoms with Crippen LogP contribution in [0.4, 0.5) is 4.39 Å². The largest absolute Gasteiger partial charge is 0.350 e. The van der Waals surface area contributed by atoms with Gasteiger partial charge in [0, 0.05) is 31.9 Å². The molecule has 1 atom stereocenters. The number of nitrogens with zero attached hydrogens (tertiary/aromatic N) is 2. The Morgan fingerprint density at radius 1 is 1.00 bits per heavy atom. The molecule has 1 heterocycles. The Balaban J connectivity index is 1.89. The van der Waals surface area contributed by atoms with E-state index in [1.54, 1.807) is 42.4 Å². The van der Waals surface area contributed by atoms with Crippen molar-refractivity contribution in [3.8, 4) is 0 Å². The van der Waals surface area contributed by atoms with Crippen molar-refractivity contribution in [1.82, 2.24) is 15.2 Å². The second-order valence-electron chi connectivity index (χ2n) is 6.89. The van der Waals surface area contributed by atoms with E-state index in [0.29, 0.717) is 12.1 Å². The van der Waals surface area contributed by atoms with Crippen LogP contribution in [0.2, 0.25) is 0 Å². The fourth-order valence-electron chi connectivity index (χ4n) is 3.21. The first-order chi connectivity index (χ1) is 14.6. The molecular weight excluding hydrogens is 381 g/mol. The number of hydrogen-bond donors (Lipinski definition) is 1. The van der Waals surface area contributed by atoms with Crippen molar-refractivity contribution in [3.05, 3.63) is 102 Å². The molecule has 6 heteroatoms. The number of hydrogen-bond acceptors (Lipinski definition) is 3. The van der Waals surface area contributed by atoms with Gasteiger partial charge in [-0.15, -0.1) is 0 Å². The summed E-state index contributed by atoms with van der Waals surface area (Å²) >= 11 is 0. The minimum atomic E-state index is -0.805. The van der Waals surface area contributed by atoms with Crippen LogP contribution >= 0.6 is 0 Å². The van der Waals surface area contributed by atoms with Gasteiger partial charge in [-0.2, -0.15) is 0 Å². The van der Waals surface area contributed by atoms with E-state index in [0.717, 1.165) is 11.1 Å². The molecule has 0 bridgehead atoms. The van der Waals surface area contributed by atoms with Crippen LogP contribution in [0.5, 0.6) is 0 Å². The molecule has 0 fully saturated rings. The number of amides is 2. The molecule has 0 unspecified atom stereocenters. The van der Waals surface area contributed by atoms with Crippen LogP contribution in [-0.4, -0.2) is 21.7 Å². The maximum atomic E-state index is 13.3. The van der Waals surface area contributed by atoms with Crippen LogP contribution < -0.4 is 5.32 Å². The van der Waals surface area contributed by atoms with E-state index in [4.69, 9.17) is 0 Å². The van der Waals surface area contributed by atoms with Crippen molar-refractivity contribution in [2.24, 2.45) is 0 Å². The molecule has 0 saturated carbocycles. The molecule has 1 aromatic heterocycles. The maximum absolute atomic E-state index is 13.3. The first-order valence-electron chi connectivity index (χ1n) is 9.84. The molecule has 3 rings (SSSR count). The summed E-state index contributed by atoms with van der Waals surface area (Å²) in [5.74, 6) is -0.792. The predicted octanol–water partition coefficient (Wildman–Crippen LogP) is 4.02. The van der Waals surface area contributed by atoms with Gasteiger partial charge in [0.05, 0.1) is 0 Å². The fraction of sp³-hybridized carbons (Fsp3) is 0.208. The molecule has 2 aromatic carbocycles. The fourth-order valence-corrected chi connectivity index (χ4v) is 3.21. The van der Waals surface area contributed by atoms with Crippen molar-refractivity contribution in [2.75, 3.05) is 0 Å². The highest BCUT2D eigenvalue weighted by molar-refractivity contribution is 5.88. The molecule has 5 nitrogen and oxygen atoms in total. The van der Waals surface area contributed by atoms with Crippen LogP contribution in [0.1, 0.15) is 36.1 Å². The normalized spacial score (nSPS) is 11.5. The summed E-state index contributed by atoms with van der Waals surface area (Å²) in [6.07, 6.45) is 3.61. The van der Waals surface area contributed by atoms with E-state index in [1.807, 2.05) is 36.4 Å². The van der Waals surface area contributed by atoms with Crippen LogP contribution in [0.25, 0.3) is 0 Å². The van der Waals surface area contributed by atoms with Crippen molar-refractivity contribution in [3.63, 3.8) is 0 Å². The van der Waals surface area contributed by atoms with Crippen LogP contribution in [-0.2, 0) is 22.7 Å². The number of nitrogens with one attached hydrogen (secondary N) is 1. The topological polar surface area (TPSA) is 62.3 Å². The summed E-state index contributed by atoms with van der Waals surface area (Å²) in [7, 11) is 0. The summed E-state index contributed by atoms with van der Waals surface area (Å²) in [6.45, 7) is 2.27. The summed E-state index contributed by atoms with van der Waals surface area (Å²) < 4.78 is 13.3. The van der Waals surface area contributed by atoms with E-state index in [1.165, 1.54) is 12.1 Å². The lowest BCUT2D eigenvalue weighted by Gasteiger charge is -2.31. The number of carbonyl (C=O) groups excluding carboxylic acids is 2. The molecule has 0 aliphatic rings. The summed E-state index contributed by atoms with van der Waals surface area (Å²) in [5.41, 5.74) is 2.33. The SMILES string of the molecule is CCC(=O)N(Cc1ccc(F)cc1)[C@H](C(=O)NCc1cccnc1)c1ccccc1. The third-order valence-corrected chi connectivity index (χ3v) is 4.75. The molecule has 0 radical (unpaired) electrons. The Morgan fingerprint density at radius 3 is 2.37 bits per heavy atom. The average molecular weight is 405 g/mol. The number of benzene rings is 2. The number of halogens is 1. The quantitative estimate of drug-likeness (QED) is 0.616. The number of rotatable bonds is 8. The lowest BCUT2D eigenvalue weighted by molar-refractivity contribution is -0.141. The Morgan fingerprint density at radius 2 is 1.73 bits per heavy atom. The highest BCUT2D eigenvalue weighted by Gasteiger charge is 2.30. The van der Waals surface area contributed by atoms with Gasteiger partial charge in [-0.3, -0.25) is 14.6 Å². The van der Waals surface area contributed by atoms with Crippen molar-refractivity contribution in [2.45, 2.75) is 32.5 Å². The lowest BCUT2D eigenvalue weighted by atomic mass is 10.0. The summed E-state index contributed by atoms with van der Waals surface area (Å²) in [4.78, 5) is 31.7. The van der Waals surface area contributed by atoms with Crippen molar-refractivity contribution < 1.29 is 14.0 Å². The van der Waals surface area contributed by atoms with E-state index in [-0.39, 0.29) is 30.6 Å². The van der Waals surface area contributed by atoms with Crippen molar-refractivity contribution in [1.29, 1.82) is 0 Å². The average Bonchev–Trinajstić information content (AvgIpc) is 2.79. The summed E-state index contributed by atoms with van der Waals surface area (Å²) in [5, 5.41) is 2.92. The minimum absolute atomic E-state index is 0.162. The van der Waals surface area contributed by atoms with Gasteiger partial charge in [-0.25, -0.2) is 4.39 Å². The summed E-state index contributed by atoms with van der Waals surface area (Å²) in [6, 6.07) is 18.0. The standard InChI is InChI=1S/C24H24FN3O2/c1-2-22(29)28(17-18-10-12-21(25)13-11-18)23(20-8-4-3-5-9-20)24(30)27-16-19-7-6-14-26-15-19/h3-15,23H,2,16-17H2,1H3,(H,27,30)/t23-/m0/s1. The molecule has 30 heavy (non-hydrogen) atoms. The van der Waals surface area contributed by atoms with Crippen LogP contribution in [0.15, 0.2) is 79.1 Å². The lowest BCUT2D eigenvalue weighted by Crippen LogP contribution is -2.43. The third kappa shape index (κ3) is 5.50. The molecule has 2 amide bonds. The van der Waals surface area contributed by atoms with E-state index in [9.17, 15) is 14.0 Å². The monoisotopic (exact) mass is 405 g/mol. The molecule has 0 aliphatic heterocycles. The van der Waals surface area contributed by atoms with Gasteiger partial charge in [-0.1, -0.05) is 55.5 Å². The molecule has 0 saturated heterocycles. The van der Waals surface area contributed by atoms with Crippen LogP contribution in [0.3, 0.4) is 0 Å². The Hall–Kier alpha value is -3.54. The Labute approximate surface area is 175 Å². The van der Waals surface area contributed by atoms with Gasteiger partial charge < -0.3 is 10.2 Å². The zero-order chi connectivity index (χ0) is 21.3. The first kappa shape index (κ1) is 21.2. The van der Waals surface area contributed by atoms with Gasteiger partial charge in [0.2, 0.25) is 11.8 Å². The second-order valence-corrected chi connectivity index (χ2v) is 6.89. The highest BCUT2D eigenvalue weighted by atomic mass is 19.1. The predicted molar refractivity (Wildman–Crippen MR) is 113 cm³/mol. The van der Waals surface area contributed by atoms with Gasteiger partial charge in [0.15, 0.2) is 0 Å². The molecule has 154 valence electrons. The van der Waals surface area contributed by atoms with E-state index in [2.05, 4.69) is 10.3 Å².